The van der Waals surface area contributed by atoms with Crippen LogP contribution in [0.3, 0.4) is 0 Å². The highest BCUT2D eigenvalue weighted by Crippen LogP contribution is 2.06. The van der Waals surface area contributed by atoms with E-state index in [1.165, 1.54) is 0 Å². The Morgan fingerprint density at radius 1 is 1.60 bits per heavy atom. The van der Waals surface area contributed by atoms with Crippen LogP contribution in [0.2, 0.25) is 0 Å². The standard InChI is InChI=1S/C7H7N7S/c8-10-6(11-9)4-1-2-5-12-13-7(15)14(5)3-4/h1-3,8H,9H2,(H,13,15)/b10-8?,11-6-. The summed E-state index contributed by atoms with van der Waals surface area (Å²) in [6, 6.07) is 3.45. The van der Waals surface area contributed by atoms with Crippen LogP contribution in [-0.2, 0) is 0 Å². The van der Waals surface area contributed by atoms with Gasteiger partial charge in [-0.3, -0.25) is 9.50 Å². The molecular weight excluding hydrogens is 214 g/mol. The van der Waals surface area contributed by atoms with Gasteiger partial charge in [-0.15, -0.1) is 5.11 Å². The summed E-state index contributed by atoms with van der Waals surface area (Å²) >= 11 is 5.00. The first-order chi connectivity index (χ1) is 7.26. The molecule has 76 valence electrons. The molecule has 2 heterocycles. The van der Waals surface area contributed by atoms with E-state index in [0.717, 1.165) is 0 Å². The van der Waals surface area contributed by atoms with Crippen molar-refractivity contribution in [1.29, 1.82) is 5.53 Å². The lowest BCUT2D eigenvalue weighted by molar-refractivity contribution is 1.07. The maximum absolute atomic E-state index is 6.88. The molecule has 8 heteroatoms. The second kappa shape index (κ2) is 3.58. The second-order valence-electron chi connectivity index (χ2n) is 2.74. The van der Waals surface area contributed by atoms with Gasteiger partial charge in [-0.1, -0.05) is 0 Å². The number of hydrogen-bond acceptors (Lipinski definition) is 5. The topological polar surface area (TPSA) is 108 Å². The summed E-state index contributed by atoms with van der Waals surface area (Å²) in [5.41, 5.74) is 8.17. The molecule has 15 heavy (non-hydrogen) atoms. The summed E-state index contributed by atoms with van der Waals surface area (Å²) in [7, 11) is 0. The fraction of sp³-hybridized carbons (Fsp3) is 0. The van der Waals surface area contributed by atoms with E-state index in [4.69, 9.17) is 23.6 Å². The van der Waals surface area contributed by atoms with Crippen LogP contribution >= 0.6 is 12.2 Å². The van der Waals surface area contributed by atoms with Crippen LogP contribution in [0.5, 0.6) is 0 Å². The van der Waals surface area contributed by atoms with E-state index in [9.17, 15) is 0 Å². The molecule has 0 fully saturated rings. The highest BCUT2D eigenvalue weighted by atomic mass is 32.1. The van der Waals surface area contributed by atoms with Crippen molar-refractivity contribution < 1.29 is 0 Å². The van der Waals surface area contributed by atoms with Gasteiger partial charge >= 0.3 is 0 Å². The first-order valence-corrected chi connectivity index (χ1v) is 4.39. The number of nitrogens with one attached hydrogen (secondary N) is 2. The monoisotopic (exact) mass is 221 g/mol. The minimum absolute atomic E-state index is 0.139. The normalized spacial score (nSPS) is 11.9. The number of amidine groups is 1. The molecule has 0 aliphatic carbocycles. The van der Waals surface area contributed by atoms with Crippen LogP contribution in [-0.4, -0.2) is 20.4 Å². The first-order valence-electron chi connectivity index (χ1n) is 3.99. The number of pyridine rings is 1. The molecular formula is C7H7N7S. The molecule has 0 aliphatic rings. The number of H-pyrrole nitrogens is 1. The van der Waals surface area contributed by atoms with Gasteiger partial charge in [0.05, 0.1) is 0 Å². The van der Waals surface area contributed by atoms with Crippen LogP contribution in [0.25, 0.3) is 5.65 Å². The Labute approximate surface area is 89.1 Å². The molecule has 2 aromatic heterocycles. The maximum Gasteiger partial charge on any atom is 0.201 e. The highest BCUT2D eigenvalue weighted by molar-refractivity contribution is 7.71. The highest BCUT2D eigenvalue weighted by Gasteiger charge is 2.04. The second-order valence-corrected chi connectivity index (χ2v) is 3.13. The van der Waals surface area contributed by atoms with E-state index in [-0.39, 0.29) is 5.84 Å². The number of aromatic amines is 1. The molecule has 0 aromatic carbocycles. The zero-order valence-corrected chi connectivity index (χ0v) is 8.32. The van der Waals surface area contributed by atoms with Gasteiger partial charge in [-0.25, -0.2) is 5.53 Å². The van der Waals surface area contributed by atoms with Crippen molar-refractivity contribution in [3.63, 3.8) is 0 Å². The number of hydrogen-bond donors (Lipinski definition) is 3. The van der Waals surface area contributed by atoms with Gasteiger partial charge in [0.1, 0.15) is 0 Å². The van der Waals surface area contributed by atoms with Gasteiger partial charge in [0.2, 0.25) is 5.84 Å². The zero-order valence-electron chi connectivity index (χ0n) is 7.51. The predicted octanol–water partition coefficient (Wildman–Crippen LogP) is 1.04. The molecule has 2 rings (SSSR count). The molecule has 0 amide bonds. The Kier molecular flexibility index (Phi) is 2.26. The fourth-order valence-corrected chi connectivity index (χ4v) is 1.40. The Morgan fingerprint density at radius 3 is 3.07 bits per heavy atom. The van der Waals surface area contributed by atoms with E-state index in [0.29, 0.717) is 16.0 Å². The van der Waals surface area contributed by atoms with Gasteiger partial charge in [0, 0.05) is 11.8 Å². The minimum atomic E-state index is 0.139. The Bertz CT molecular complexity index is 593. The van der Waals surface area contributed by atoms with Crippen molar-refractivity contribution in [2.75, 3.05) is 0 Å². The van der Waals surface area contributed by atoms with Gasteiger partial charge in [-0.05, 0) is 24.4 Å². The third kappa shape index (κ3) is 1.50. The van der Waals surface area contributed by atoms with Crippen molar-refractivity contribution >= 4 is 23.7 Å². The molecule has 0 aliphatic heterocycles. The third-order valence-corrected chi connectivity index (χ3v) is 2.19. The van der Waals surface area contributed by atoms with E-state index < -0.39 is 0 Å². The van der Waals surface area contributed by atoms with Crippen molar-refractivity contribution in [1.82, 2.24) is 14.6 Å². The fourth-order valence-electron chi connectivity index (χ4n) is 1.21. The van der Waals surface area contributed by atoms with E-state index in [1.807, 2.05) is 0 Å². The molecule has 0 spiro atoms. The Morgan fingerprint density at radius 2 is 2.40 bits per heavy atom. The molecule has 0 bridgehead atoms. The molecule has 0 radical (unpaired) electrons. The van der Waals surface area contributed by atoms with Gasteiger partial charge < -0.3 is 5.84 Å². The number of rotatable bonds is 1. The van der Waals surface area contributed by atoms with Gasteiger partial charge in [0.15, 0.2) is 10.4 Å². The Balaban J connectivity index is 2.69. The van der Waals surface area contributed by atoms with Crippen molar-refractivity contribution in [2.45, 2.75) is 0 Å². The lowest BCUT2D eigenvalue weighted by Crippen LogP contribution is -2.01. The number of hydrazone groups is 1. The average Bonchev–Trinajstić information content (AvgIpc) is 2.62. The number of nitrogens with two attached hydrogens (primary N) is 1. The predicted molar refractivity (Wildman–Crippen MR) is 56.2 cm³/mol. The lowest BCUT2D eigenvalue weighted by atomic mass is 10.2. The van der Waals surface area contributed by atoms with E-state index >= 15 is 0 Å². The SMILES string of the molecule is N=N/C(=N\N)c1ccc2n[nH]c(=S)n2c1. The van der Waals surface area contributed by atoms with Gasteiger partial charge in [0.25, 0.3) is 0 Å². The minimum Gasteiger partial charge on any atom is -0.321 e. The summed E-state index contributed by atoms with van der Waals surface area (Å²) in [6.45, 7) is 0. The molecule has 0 saturated heterocycles. The van der Waals surface area contributed by atoms with Gasteiger partial charge in [-0.2, -0.15) is 10.2 Å². The maximum atomic E-state index is 6.88. The van der Waals surface area contributed by atoms with Crippen LogP contribution in [0.4, 0.5) is 0 Å². The van der Waals surface area contributed by atoms with Crippen LogP contribution < -0.4 is 5.84 Å². The van der Waals surface area contributed by atoms with Crippen molar-refractivity contribution in [3.05, 3.63) is 28.7 Å². The Hall–Kier alpha value is -2.09. The number of fused-ring (bicyclic) bond motifs is 1. The molecule has 4 N–H and O–H groups in total. The summed E-state index contributed by atoms with van der Waals surface area (Å²) < 4.78 is 2.12. The number of nitrogens with zero attached hydrogens (tertiary/aromatic N) is 4. The van der Waals surface area contributed by atoms with Crippen molar-refractivity contribution in [2.24, 2.45) is 16.1 Å². The zero-order chi connectivity index (χ0) is 10.8. The van der Waals surface area contributed by atoms with E-state index in [1.54, 1.807) is 22.7 Å². The third-order valence-electron chi connectivity index (χ3n) is 1.90. The first kappa shape index (κ1) is 9.46. The van der Waals surface area contributed by atoms with Crippen molar-refractivity contribution in [3.8, 4) is 0 Å². The lowest BCUT2D eigenvalue weighted by Gasteiger charge is -1.98. The average molecular weight is 221 g/mol. The van der Waals surface area contributed by atoms with Crippen LogP contribution in [0.15, 0.2) is 28.5 Å². The summed E-state index contributed by atoms with van der Waals surface area (Å²) in [5.74, 6) is 5.23. The summed E-state index contributed by atoms with van der Waals surface area (Å²) in [5, 5.41) is 13.2. The largest absolute Gasteiger partial charge is 0.321 e. The van der Waals surface area contributed by atoms with Crippen LogP contribution in [0, 0.1) is 10.3 Å². The number of aromatic nitrogens is 3. The quantitative estimate of drug-likeness (QED) is 0.167. The molecule has 7 nitrogen and oxygen atoms in total. The molecule has 0 saturated carbocycles. The smallest absolute Gasteiger partial charge is 0.201 e. The van der Waals surface area contributed by atoms with Crippen LogP contribution in [0.1, 0.15) is 5.56 Å². The molecule has 0 atom stereocenters. The molecule has 0 unspecified atom stereocenters. The summed E-state index contributed by atoms with van der Waals surface area (Å²) in [6.07, 6.45) is 1.67. The summed E-state index contributed by atoms with van der Waals surface area (Å²) in [4.78, 5) is 0. The molecule has 2 aromatic rings. The van der Waals surface area contributed by atoms with E-state index in [2.05, 4.69) is 20.4 Å².